The Hall–Kier alpha value is -2.13. The van der Waals surface area contributed by atoms with Crippen molar-refractivity contribution >= 4 is 37.3 Å². The van der Waals surface area contributed by atoms with Crippen molar-refractivity contribution < 1.29 is 18.1 Å². The highest BCUT2D eigenvalue weighted by Gasteiger charge is 2.23. The van der Waals surface area contributed by atoms with Crippen LogP contribution < -0.4 is 9.46 Å². The Balaban J connectivity index is 2.16. The number of ether oxygens (including phenoxy) is 1. The molecular formula is C21H27BrN2O5S. The summed E-state index contributed by atoms with van der Waals surface area (Å²) in [7, 11) is -3.98. The van der Waals surface area contributed by atoms with Crippen LogP contribution in [0.15, 0.2) is 45.8 Å². The van der Waals surface area contributed by atoms with Crippen molar-refractivity contribution in [2.24, 2.45) is 0 Å². The maximum atomic E-state index is 12.7. The number of hydrogen-bond acceptors (Lipinski definition) is 5. The Bertz CT molecular complexity index is 962. The molecule has 0 heterocycles. The lowest BCUT2D eigenvalue weighted by molar-refractivity contribution is -0.384. The van der Waals surface area contributed by atoms with Gasteiger partial charge in [-0.2, -0.15) is 0 Å². The molecule has 0 radical (unpaired) electrons. The molecule has 0 spiro atoms. The predicted molar refractivity (Wildman–Crippen MR) is 122 cm³/mol. The number of sulfonamides is 1. The Morgan fingerprint density at radius 3 is 2.33 bits per heavy atom. The van der Waals surface area contributed by atoms with Crippen LogP contribution in [0.2, 0.25) is 0 Å². The number of nitro groups is 1. The summed E-state index contributed by atoms with van der Waals surface area (Å²) in [6.07, 6.45) is 6.64. The molecule has 0 saturated carbocycles. The van der Waals surface area contributed by atoms with Crippen molar-refractivity contribution in [3.63, 3.8) is 0 Å². The number of halogens is 1. The van der Waals surface area contributed by atoms with Crippen molar-refractivity contribution in [2.45, 2.75) is 57.3 Å². The van der Waals surface area contributed by atoms with Gasteiger partial charge in [0, 0.05) is 12.1 Å². The fraction of sp³-hybridized carbons (Fsp3) is 0.429. The highest BCUT2D eigenvalue weighted by molar-refractivity contribution is 9.10. The quantitative estimate of drug-likeness (QED) is 0.213. The largest absolute Gasteiger partial charge is 0.492 e. The van der Waals surface area contributed by atoms with E-state index in [0.717, 1.165) is 24.8 Å². The number of aryl methyl sites for hydroxylation is 1. The summed E-state index contributed by atoms with van der Waals surface area (Å²) in [4.78, 5) is 10.8. The topological polar surface area (TPSA) is 98.5 Å². The van der Waals surface area contributed by atoms with Crippen LogP contribution in [0.3, 0.4) is 0 Å². The van der Waals surface area contributed by atoms with Crippen molar-refractivity contribution in [2.75, 3.05) is 11.3 Å². The smallest absolute Gasteiger partial charge is 0.294 e. The van der Waals surface area contributed by atoms with Gasteiger partial charge in [-0.15, -0.1) is 0 Å². The van der Waals surface area contributed by atoms with E-state index in [1.807, 2.05) is 6.92 Å². The zero-order valence-electron chi connectivity index (χ0n) is 17.2. The summed E-state index contributed by atoms with van der Waals surface area (Å²) in [6, 6.07) is 8.85. The second-order valence-electron chi connectivity index (χ2n) is 7.09. The first kappa shape index (κ1) is 24.1. The van der Waals surface area contributed by atoms with Gasteiger partial charge in [-0.05, 0) is 41.4 Å². The molecule has 0 amide bonds. The molecule has 2 aromatic carbocycles. The molecule has 9 heteroatoms. The van der Waals surface area contributed by atoms with Crippen LogP contribution in [0.5, 0.6) is 5.75 Å². The summed E-state index contributed by atoms with van der Waals surface area (Å²) >= 11 is 3.28. The van der Waals surface area contributed by atoms with Crippen LogP contribution in [0.25, 0.3) is 0 Å². The van der Waals surface area contributed by atoms with Crippen LogP contribution in [0, 0.1) is 17.0 Å². The van der Waals surface area contributed by atoms with E-state index in [2.05, 4.69) is 27.6 Å². The van der Waals surface area contributed by atoms with E-state index in [9.17, 15) is 18.5 Å². The molecule has 0 saturated heterocycles. The molecule has 0 aromatic heterocycles. The predicted octanol–water partition coefficient (Wildman–Crippen LogP) is 6.21. The molecular weight excluding hydrogens is 472 g/mol. The maximum absolute atomic E-state index is 12.7. The monoisotopic (exact) mass is 498 g/mol. The first-order valence-corrected chi connectivity index (χ1v) is 12.2. The molecule has 0 aliphatic rings. The van der Waals surface area contributed by atoms with Gasteiger partial charge < -0.3 is 4.74 Å². The summed E-state index contributed by atoms with van der Waals surface area (Å²) in [6.45, 7) is 4.46. The average molecular weight is 499 g/mol. The molecule has 0 atom stereocenters. The van der Waals surface area contributed by atoms with E-state index in [4.69, 9.17) is 4.74 Å². The molecule has 1 N–H and O–H groups in total. The minimum atomic E-state index is -3.98. The van der Waals surface area contributed by atoms with E-state index >= 15 is 0 Å². The highest BCUT2D eigenvalue weighted by Crippen LogP contribution is 2.37. The van der Waals surface area contributed by atoms with Gasteiger partial charge in [0.1, 0.15) is 11.4 Å². The summed E-state index contributed by atoms with van der Waals surface area (Å²) in [5.74, 6) is 0.357. The molecule has 0 fully saturated rings. The van der Waals surface area contributed by atoms with Crippen LogP contribution in [0.1, 0.15) is 51.0 Å². The van der Waals surface area contributed by atoms with Crippen molar-refractivity contribution in [3.8, 4) is 5.75 Å². The van der Waals surface area contributed by atoms with E-state index in [-0.39, 0.29) is 16.3 Å². The lowest BCUT2D eigenvalue weighted by atomic mass is 10.1. The Morgan fingerprint density at radius 2 is 1.70 bits per heavy atom. The molecule has 0 unspecified atom stereocenters. The third-order valence-corrected chi connectivity index (χ3v) is 6.58. The molecule has 2 rings (SSSR count). The number of unbranched alkanes of at least 4 members (excludes halogenated alkanes) is 5. The molecule has 0 aliphatic carbocycles. The highest BCUT2D eigenvalue weighted by atomic mass is 79.9. The maximum Gasteiger partial charge on any atom is 0.294 e. The molecule has 7 nitrogen and oxygen atoms in total. The standard InChI is InChI=1S/C21H27BrN2O5S/c1-3-4-5-6-7-8-13-29-21-15-19(20(24(25)26)14-18(21)22)23-30(27,28)17-11-9-16(2)10-12-17/h9-12,14-15,23H,3-8,13H2,1-2H3. The zero-order chi connectivity index (χ0) is 22.1. The number of hydrogen-bond donors (Lipinski definition) is 1. The molecule has 30 heavy (non-hydrogen) atoms. The van der Waals surface area contributed by atoms with Gasteiger partial charge >= 0.3 is 0 Å². The first-order valence-electron chi connectivity index (χ1n) is 9.95. The van der Waals surface area contributed by atoms with Gasteiger partial charge in [0.05, 0.1) is 20.9 Å². The second-order valence-corrected chi connectivity index (χ2v) is 9.63. The van der Waals surface area contributed by atoms with Gasteiger partial charge in [-0.25, -0.2) is 8.42 Å². The number of nitrogens with one attached hydrogen (secondary N) is 1. The first-order chi connectivity index (χ1) is 14.2. The fourth-order valence-corrected chi connectivity index (χ4v) is 4.38. The van der Waals surface area contributed by atoms with Crippen LogP contribution in [-0.2, 0) is 10.0 Å². The number of rotatable bonds is 12. The third kappa shape index (κ3) is 6.98. The lowest BCUT2D eigenvalue weighted by Gasteiger charge is -2.13. The zero-order valence-corrected chi connectivity index (χ0v) is 19.6. The Kier molecular flexibility index (Phi) is 9.10. The minimum absolute atomic E-state index is 0.0277. The lowest BCUT2D eigenvalue weighted by Crippen LogP contribution is -2.14. The van der Waals surface area contributed by atoms with Crippen LogP contribution in [0.4, 0.5) is 11.4 Å². The molecule has 2 aromatic rings. The van der Waals surface area contributed by atoms with E-state index in [0.29, 0.717) is 16.8 Å². The average Bonchev–Trinajstić information content (AvgIpc) is 2.69. The minimum Gasteiger partial charge on any atom is -0.492 e. The van der Waals surface area contributed by atoms with Gasteiger partial charge in [0.15, 0.2) is 0 Å². The van der Waals surface area contributed by atoms with Crippen molar-refractivity contribution in [1.82, 2.24) is 0 Å². The van der Waals surface area contributed by atoms with Crippen molar-refractivity contribution in [1.29, 1.82) is 0 Å². The Morgan fingerprint density at radius 1 is 1.07 bits per heavy atom. The number of anilines is 1. The van der Waals surface area contributed by atoms with E-state index in [1.54, 1.807) is 12.1 Å². The number of benzene rings is 2. The fourth-order valence-electron chi connectivity index (χ4n) is 2.87. The van der Waals surface area contributed by atoms with E-state index < -0.39 is 14.9 Å². The number of nitrogens with zero attached hydrogens (tertiary/aromatic N) is 1. The normalized spacial score (nSPS) is 11.3. The second kappa shape index (κ2) is 11.3. The van der Waals surface area contributed by atoms with Gasteiger partial charge in [-0.1, -0.05) is 56.7 Å². The Labute approximate surface area is 186 Å². The van der Waals surface area contributed by atoms with Gasteiger partial charge in [0.2, 0.25) is 0 Å². The van der Waals surface area contributed by atoms with Gasteiger partial charge in [0.25, 0.3) is 15.7 Å². The van der Waals surface area contributed by atoms with Crippen LogP contribution in [-0.4, -0.2) is 19.9 Å². The van der Waals surface area contributed by atoms with E-state index in [1.165, 1.54) is 43.5 Å². The molecule has 0 aliphatic heterocycles. The SMILES string of the molecule is CCCCCCCCOc1cc(NS(=O)(=O)c2ccc(C)cc2)c([N+](=O)[O-])cc1Br. The van der Waals surface area contributed by atoms with Crippen molar-refractivity contribution in [3.05, 3.63) is 56.5 Å². The van der Waals surface area contributed by atoms with Crippen LogP contribution >= 0.6 is 15.9 Å². The summed E-state index contributed by atoms with van der Waals surface area (Å²) < 4.78 is 33.8. The number of nitro benzene ring substituents is 1. The summed E-state index contributed by atoms with van der Waals surface area (Å²) in [5, 5.41) is 11.4. The molecule has 0 bridgehead atoms. The molecule has 164 valence electrons. The van der Waals surface area contributed by atoms with Gasteiger partial charge in [-0.3, -0.25) is 14.8 Å². The third-order valence-electron chi connectivity index (χ3n) is 4.58. The summed E-state index contributed by atoms with van der Waals surface area (Å²) in [5.41, 5.74) is 0.417.